The maximum absolute atomic E-state index is 6.13. The summed E-state index contributed by atoms with van der Waals surface area (Å²) in [5.74, 6) is 0.715. The number of aryl methyl sites for hydroxylation is 2. The van der Waals surface area contributed by atoms with Gasteiger partial charge in [-0.1, -0.05) is 41.4 Å². The summed E-state index contributed by atoms with van der Waals surface area (Å²) in [4.78, 5) is 8.91. The van der Waals surface area contributed by atoms with E-state index in [0.717, 1.165) is 11.3 Å². The molecule has 0 N–H and O–H groups in total. The van der Waals surface area contributed by atoms with Crippen LogP contribution in [0.3, 0.4) is 0 Å². The number of hydrogen-bond donors (Lipinski definition) is 0. The summed E-state index contributed by atoms with van der Waals surface area (Å²) in [6, 6.07) is 10.1. The first-order chi connectivity index (χ1) is 10.1. The zero-order valence-corrected chi connectivity index (χ0v) is 12.7. The van der Waals surface area contributed by atoms with Gasteiger partial charge in [-0.25, -0.2) is 9.97 Å². The summed E-state index contributed by atoms with van der Waals surface area (Å²) in [6.07, 6.45) is 4.35. The average Bonchev–Trinajstić information content (AvgIpc) is 2.85. The fourth-order valence-electron chi connectivity index (χ4n) is 2.25. The van der Waals surface area contributed by atoms with E-state index in [-0.39, 0.29) is 0 Å². The first-order valence-electron chi connectivity index (χ1n) is 6.68. The highest BCUT2D eigenvalue weighted by Gasteiger charge is 2.08. The van der Waals surface area contributed by atoms with E-state index >= 15 is 0 Å². The van der Waals surface area contributed by atoms with E-state index < -0.39 is 0 Å². The van der Waals surface area contributed by atoms with Crippen LogP contribution in [0.15, 0.2) is 42.7 Å². The molecule has 4 nitrogen and oxygen atoms in total. The van der Waals surface area contributed by atoms with Gasteiger partial charge in [0.2, 0.25) is 0 Å². The van der Waals surface area contributed by atoms with Crippen LogP contribution in [0.2, 0.25) is 5.15 Å². The lowest BCUT2D eigenvalue weighted by Gasteiger charge is -2.05. The second-order valence-electron chi connectivity index (χ2n) is 5.06. The highest BCUT2D eigenvalue weighted by molar-refractivity contribution is 6.29. The Labute approximate surface area is 128 Å². The lowest BCUT2D eigenvalue weighted by Crippen LogP contribution is -1.99. The molecule has 0 aliphatic heterocycles. The first-order valence-corrected chi connectivity index (χ1v) is 7.06. The highest BCUT2D eigenvalue weighted by atomic mass is 35.5. The molecule has 0 radical (unpaired) electrons. The van der Waals surface area contributed by atoms with Crippen molar-refractivity contribution in [1.82, 2.24) is 19.7 Å². The molecule has 0 aliphatic rings. The Kier molecular flexibility index (Phi) is 3.71. The van der Waals surface area contributed by atoms with Crippen molar-refractivity contribution in [3.8, 4) is 11.3 Å². The summed E-state index contributed by atoms with van der Waals surface area (Å²) in [6.45, 7) is 2.07. The van der Waals surface area contributed by atoms with Crippen molar-refractivity contribution >= 4 is 11.6 Å². The van der Waals surface area contributed by atoms with E-state index in [1.165, 1.54) is 11.1 Å². The molecule has 21 heavy (non-hydrogen) atoms. The summed E-state index contributed by atoms with van der Waals surface area (Å²) >= 11 is 6.13. The van der Waals surface area contributed by atoms with Crippen LogP contribution in [-0.2, 0) is 13.5 Å². The molecule has 0 unspecified atom stereocenters. The summed E-state index contributed by atoms with van der Waals surface area (Å²) in [5.41, 5.74) is 4.13. The molecule has 0 fully saturated rings. The predicted molar refractivity (Wildman–Crippen MR) is 83.2 cm³/mol. The third-order valence-corrected chi connectivity index (χ3v) is 3.38. The first kappa shape index (κ1) is 13.8. The summed E-state index contributed by atoms with van der Waals surface area (Å²) in [7, 11) is 1.87. The number of nitrogens with zero attached hydrogens (tertiary/aromatic N) is 4. The Hall–Kier alpha value is -2.20. The standard InChI is InChI=1S/C16H15ClN4/c1-11-4-3-5-12(6-11)7-16-19-14(8-15(17)20-16)13-9-18-21(2)10-13/h3-6,8-10H,7H2,1-2H3. The number of halogens is 1. The largest absolute Gasteiger partial charge is 0.275 e. The van der Waals surface area contributed by atoms with Crippen LogP contribution < -0.4 is 0 Å². The maximum atomic E-state index is 6.13. The molecule has 1 aromatic carbocycles. The fourth-order valence-corrected chi connectivity index (χ4v) is 2.45. The molecule has 0 saturated heterocycles. The maximum Gasteiger partial charge on any atom is 0.135 e. The second kappa shape index (κ2) is 5.66. The van der Waals surface area contributed by atoms with Gasteiger partial charge >= 0.3 is 0 Å². The molecule has 2 aromatic heterocycles. The van der Waals surface area contributed by atoms with E-state index in [2.05, 4.69) is 40.2 Å². The van der Waals surface area contributed by atoms with Crippen LogP contribution in [-0.4, -0.2) is 19.7 Å². The topological polar surface area (TPSA) is 43.6 Å². The Morgan fingerprint density at radius 1 is 1.19 bits per heavy atom. The van der Waals surface area contributed by atoms with E-state index in [1.54, 1.807) is 16.9 Å². The Bertz CT molecular complexity index is 779. The van der Waals surface area contributed by atoms with Crippen molar-refractivity contribution < 1.29 is 0 Å². The highest BCUT2D eigenvalue weighted by Crippen LogP contribution is 2.20. The number of aromatic nitrogens is 4. The van der Waals surface area contributed by atoms with Crippen molar-refractivity contribution in [3.63, 3.8) is 0 Å². The SMILES string of the molecule is Cc1cccc(Cc2nc(Cl)cc(-c3cnn(C)c3)n2)c1. The van der Waals surface area contributed by atoms with E-state index in [0.29, 0.717) is 17.4 Å². The quantitative estimate of drug-likeness (QED) is 0.696. The number of hydrogen-bond acceptors (Lipinski definition) is 3. The Morgan fingerprint density at radius 3 is 2.76 bits per heavy atom. The molecule has 106 valence electrons. The van der Waals surface area contributed by atoms with E-state index in [9.17, 15) is 0 Å². The lowest BCUT2D eigenvalue weighted by molar-refractivity contribution is 0.768. The van der Waals surface area contributed by atoms with Gasteiger partial charge in [-0.2, -0.15) is 5.10 Å². The Morgan fingerprint density at radius 2 is 2.05 bits per heavy atom. The molecule has 3 rings (SSSR count). The minimum absolute atomic E-state index is 0.450. The van der Waals surface area contributed by atoms with E-state index in [1.807, 2.05) is 19.3 Å². The van der Waals surface area contributed by atoms with E-state index in [4.69, 9.17) is 11.6 Å². The molecule has 0 aliphatic carbocycles. The fraction of sp³-hybridized carbons (Fsp3) is 0.188. The normalized spacial score (nSPS) is 10.8. The van der Waals surface area contributed by atoms with Crippen molar-refractivity contribution in [1.29, 1.82) is 0 Å². The molecule has 0 spiro atoms. The van der Waals surface area contributed by atoms with Gasteiger partial charge in [-0.15, -0.1) is 0 Å². The number of benzene rings is 1. The lowest BCUT2D eigenvalue weighted by atomic mass is 10.1. The van der Waals surface area contributed by atoms with Gasteiger partial charge in [0.1, 0.15) is 11.0 Å². The van der Waals surface area contributed by atoms with Crippen LogP contribution in [0, 0.1) is 6.92 Å². The molecule has 0 saturated carbocycles. The van der Waals surface area contributed by atoms with Gasteiger partial charge in [0.25, 0.3) is 0 Å². The van der Waals surface area contributed by atoms with Gasteiger partial charge in [0.15, 0.2) is 0 Å². The van der Waals surface area contributed by atoms with Crippen molar-refractivity contribution in [3.05, 3.63) is 64.8 Å². The molecular formula is C16H15ClN4. The molecule has 0 bridgehead atoms. The molecular weight excluding hydrogens is 284 g/mol. The minimum Gasteiger partial charge on any atom is -0.275 e. The zero-order chi connectivity index (χ0) is 14.8. The van der Waals surface area contributed by atoms with Crippen LogP contribution in [0.4, 0.5) is 0 Å². The third kappa shape index (κ3) is 3.28. The molecule has 2 heterocycles. The smallest absolute Gasteiger partial charge is 0.135 e. The van der Waals surface area contributed by atoms with Gasteiger partial charge in [0.05, 0.1) is 11.9 Å². The van der Waals surface area contributed by atoms with Gasteiger partial charge < -0.3 is 0 Å². The third-order valence-electron chi connectivity index (χ3n) is 3.19. The van der Waals surface area contributed by atoms with Crippen LogP contribution in [0.25, 0.3) is 11.3 Å². The minimum atomic E-state index is 0.450. The molecule has 0 amide bonds. The molecule has 5 heteroatoms. The zero-order valence-electron chi connectivity index (χ0n) is 11.9. The summed E-state index contributed by atoms with van der Waals surface area (Å²) in [5, 5.41) is 4.61. The van der Waals surface area contributed by atoms with Crippen LogP contribution in [0.1, 0.15) is 17.0 Å². The molecule has 0 atom stereocenters. The predicted octanol–water partition coefficient (Wildman–Crippen LogP) is 3.43. The monoisotopic (exact) mass is 298 g/mol. The van der Waals surface area contributed by atoms with Crippen LogP contribution in [0.5, 0.6) is 0 Å². The van der Waals surface area contributed by atoms with Gasteiger partial charge in [0, 0.05) is 31.3 Å². The van der Waals surface area contributed by atoms with Crippen molar-refractivity contribution in [2.45, 2.75) is 13.3 Å². The van der Waals surface area contributed by atoms with Crippen molar-refractivity contribution in [2.24, 2.45) is 7.05 Å². The van der Waals surface area contributed by atoms with Gasteiger partial charge in [-0.3, -0.25) is 4.68 Å². The van der Waals surface area contributed by atoms with Gasteiger partial charge in [-0.05, 0) is 12.5 Å². The number of rotatable bonds is 3. The van der Waals surface area contributed by atoms with Crippen molar-refractivity contribution in [2.75, 3.05) is 0 Å². The summed E-state index contributed by atoms with van der Waals surface area (Å²) < 4.78 is 1.74. The van der Waals surface area contributed by atoms with Crippen LogP contribution >= 0.6 is 11.6 Å². The molecule has 3 aromatic rings. The average molecular weight is 299 g/mol. The second-order valence-corrected chi connectivity index (χ2v) is 5.45. The Balaban J connectivity index is 1.94.